The summed E-state index contributed by atoms with van der Waals surface area (Å²) in [6, 6.07) is 11.5. The molecule has 2 fully saturated rings. The van der Waals surface area contributed by atoms with Crippen LogP contribution < -0.4 is 9.64 Å². The van der Waals surface area contributed by atoms with Crippen molar-refractivity contribution in [3.05, 3.63) is 65.6 Å². The van der Waals surface area contributed by atoms with Crippen LogP contribution in [0.3, 0.4) is 0 Å². The lowest BCUT2D eigenvalue weighted by atomic mass is 9.94. The van der Waals surface area contributed by atoms with Crippen LogP contribution in [0.1, 0.15) is 25.3 Å². The average molecular weight is 672 g/mol. The van der Waals surface area contributed by atoms with Crippen molar-refractivity contribution in [2.45, 2.75) is 25.9 Å². The van der Waals surface area contributed by atoms with Gasteiger partial charge in [-0.05, 0) is 50.0 Å². The Bertz CT molecular complexity index is 1790. The minimum atomic E-state index is -4.82. The number of ether oxygens (including phenoxy) is 1. The van der Waals surface area contributed by atoms with Crippen molar-refractivity contribution in [1.29, 1.82) is 5.26 Å². The summed E-state index contributed by atoms with van der Waals surface area (Å²) in [5, 5.41) is 8.75. The van der Waals surface area contributed by atoms with Gasteiger partial charge >= 0.3 is 12.2 Å². The zero-order valence-corrected chi connectivity index (χ0v) is 27.0. The van der Waals surface area contributed by atoms with E-state index in [1.807, 2.05) is 0 Å². The molecule has 0 spiro atoms. The zero-order valence-electron chi connectivity index (χ0n) is 26.2. The van der Waals surface area contributed by atoms with Gasteiger partial charge in [0, 0.05) is 55.3 Å². The molecule has 9 nitrogen and oxygen atoms in total. The first-order chi connectivity index (χ1) is 22.4. The van der Waals surface area contributed by atoms with E-state index in [1.165, 1.54) is 44.9 Å². The van der Waals surface area contributed by atoms with Crippen LogP contribution in [0.15, 0.2) is 55.0 Å². The molecule has 0 saturated carbocycles. The fourth-order valence-corrected chi connectivity index (χ4v) is 5.81. The quantitative estimate of drug-likeness (QED) is 0.171. The van der Waals surface area contributed by atoms with Crippen LogP contribution in [0.25, 0.3) is 32.9 Å². The molecular weight excluding hydrogens is 638 g/mol. The van der Waals surface area contributed by atoms with Gasteiger partial charge in [-0.2, -0.15) is 28.4 Å². The SMILES string of the molecule is C=C(F)C(=O)N1CCN(c2nc(OC)nc3c(C(F)(F)F)c(-c4cccc5cccc(Cl)c45)cnc23)CC1.CC#N.CN1CCCC1. The van der Waals surface area contributed by atoms with Crippen molar-refractivity contribution in [1.82, 2.24) is 24.8 Å². The van der Waals surface area contributed by atoms with Gasteiger partial charge in [-0.15, -0.1) is 0 Å². The van der Waals surface area contributed by atoms with Crippen molar-refractivity contribution >= 4 is 45.1 Å². The van der Waals surface area contributed by atoms with Crippen LogP contribution in [0, 0.1) is 11.3 Å². The van der Waals surface area contributed by atoms with E-state index in [1.54, 1.807) is 47.4 Å². The number of halogens is 5. The molecule has 248 valence electrons. The van der Waals surface area contributed by atoms with E-state index in [2.05, 4.69) is 33.5 Å². The Hall–Kier alpha value is -4.54. The molecule has 47 heavy (non-hydrogen) atoms. The largest absolute Gasteiger partial charge is 0.467 e. The zero-order chi connectivity index (χ0) is 34.3. The first-order valence-electron chi connectivity index (χ1n) is 14.8. The lowest BCUT2D eigenvalue weighted by molar-refractivity contribution is -0.136. The van der Waals surface area contributed by atoms with Crippen molar-refractivity contribution in [3.63, 3.8) is 0 Å². The van der Waals surface area contributed by atoms with Gasteiger partial charge in [0.05, 0.1) is 18.7 Å². The third-order valence-corrected chi connectivity index (χ3v) is 8.03. The van der Waals surface area contributed by atoms with Crippen LogP contribution >= 0.6 is 11.6 Å². The van der Waals surface area contributed by atoms with Gasteiger partial charge in [0.2, 0.25) is 0 Å². The number of fused-ring (bicyclic) bond motifs is 2. The fraction of sp³-hybridized carbons (Fsp3) is 0.364. The van der Waals surface area contributed by atoms with Crippen molar-refractivity contribution in [2.75, 3.05) is 58.3 Å². The van der Waals surface area contributed by atoms with Crippen LogP contribution in [-0.4, -0.2) is 84.1 Å². The van der Waals surface area contributed by atoms with E-state index in [4.69, 9.17) is 21.6 Å². The molecule has 4 aromatic rings. The molecule has 0 N–H and O–H groups in total. The maximum atomic E-state index is 14.7. The number of carbonyl (C=O) groups is 1. The van der Waals surface area contributed by atoms with Crippen molar-refractivity contribution in [2.24, 2.45) is 0 Å². The number of rotatable bonds is 4. The number of benzene rings is 2. The number of aromatic nitrogens is 3. The van der Waals surface area contributed by atoms with Crippen LogP contribution in [0.4, 0.5) is 23.4 Å². The Morgan fingerprint density at radius 3 is 2.15 bits per heavy atom. The van der Waals surface area contributed by atoms with E-state index in [0.29, 0.717) is 15.8 Å². The van der Waals surface area contributed by atoms with E-state index in [-0.39, 0.29) is 54.7 Å². The molecule has 2 aliphatic heterocycles. The number of pyridine rings is 1. The summed E-state index contributed by atoms with van der Waals surface area (Å²) in [6.45, 7) is 7.69. The predicted octanol–water partition coefficient (Wildman–Crippen LogP) is 6.90. The minimum Gasteiger partial charge on any atom is -0.467 e. The van der Waals surface area contributed by atoms with Crippen LogP contribution in [0.5, 0.6) is 6.01 Å². The molecular formula is C33H34ClF4N7O2. The lowest BCUT2D eigenvalue weighted by Gasteiger charge is -2.35. The summed E-state index contributed by atoms with van der Waals surface area (Å²) < 4.78 is 62.6. The number of methoxy groups -OCH3 is 1. The van der Waals surface area contributed by atoms with E-state index >= 15 is 0 Å². The first kappa shape index (κ1) is 35.3. The highest BCUT2D eigenvalue weighted by atomic mass is 35.5. The maximum Gasteiger partial charge on any atom is 0.419 e. The number of anilines is 1. The summed E-state index contributed by atoms with van der Waals surface area (Å²) in [7, 11) is 3.43. The molecule has 6 rings (SSSR count). The molecule has 0 atom stereocenters. The second-order valence-corrected chi connectivity index (χ2v) is 11.2. The van der Waals surface area contributed by atoms with Gasteiger partial charge in [-0.1, -0.05) is 48.5 Å². The summed E-state index contributed by atoms with van der Waals surface area (Å²) in [6.07, 6.45) is -0.842. The average Bonchev–Trinajstić information content (AvgIpc) is 3.54. The Morgan fingerprint density at radius 2 is 1.62 bits per heavy atom. The molecule has 14 heteroatoms. The minimum absolute atomic E-state index is 0.0807. The lowest BCUT2D eigenvalue weighted by Crippen LogP contribution is -2.49. The highest BCUT2D eigenvalue weighted by Gasteiger charge is 2.39. The molecule has 2 aromatic heterocycles. The highest BCUT2D eigenvalue weighted by molar-refractivity contribution is 6.36. The van der Waals surface area contributed by atoms with E-state index in [9.17, 15) is 22.4 Å². The van der Waals surface area contributed by atoms with E-state index in [0.717, 1.165) is 6.20 Å². The number of carbonyl (C=O) groups excluding carboxylic acids is 1. The monoisotopic (exact) mass is 671 g/mol. The van der Waals surface area contributed by atoms with Crippen molar-refractivity contribution in [3.8, 4) is 23.2 Å². The first-order valence-corrected chi connectivity index (χ1v) is 15.2. The number of nitrogens with zero attached hydrogens (tertiary/aromatic N) is 7. The molecule has 1 amide bonds. The summed E-state index contributed by atoms with van der Waals surface area (Å²) in [5.74, 6) is -1.79. The molecule has 2 aliphatic rings. The number of hydrogen-bond acceptors (Lipinski definition) is 8. The predicted molar refractivity (Wildman–Crippen MR) is 174 cm³/mol. The number of piperazine rings is 1. The van der Waals surface area contributed by atoms with Gasteiger partial charge in [0.1, 0.15) is 11.0 Å². The van der Waals surface area contributed by atoms with Gasteiger partial charge < -0.3 is 19.4 Å². The Labute approximate surface area is 275 Å². The molecule has 0 bridgehead atoms. The Kier molecular flexibility index (Phi) is 11.5. The summed E-state index contributed by atoms with van der Waals surface area (Å²) in [5.41, 5.74) is -1.45. The third-order valence-electron chi connectivity index (χ3n) is 7.71. The molecule has 2 aromatic carbocycles. The van der Waals surface area contributed by atoms with Gasteiger partial charge in [0.15, 0.2) is 11.6 Å². The smallest absolute Gasteiger partial charge is 0.419 e. The number of likely N-dealkylation sites (tertiary alicyclic amines) is 1. The molecule has 0 unspecified atom stereocenters. The second-order valence-electron chi connectivity index (χ2n) is 10.8. The number of hydrogen-bond donors (Lipinski definition) is 0. The topological polar surface area (TPSA) is 98.5 Å². The normalized spacial score (nSPS) is 15.0. The van der Waals surface area contributed by atoms with Crippen molar-refractivity contribution < 1.29 is 27.1 Å². The number of alkyl halides is 3. The van der Waals surface area contributed by atoms with Gasteiger partial charge in [0.25, 0.3) is 5.91 Å². The molecule has 2 saturated heterocycles. The maximum absolute atomic E-state index is 14.7. The van der Waals surface area contributed by atoms with Gasteiger partial charge in [-0.3, -0.25) is 9.78 Å². The van der Waals surface area contributed by atoms with Crippen LogP contribution in [0.2, 0.25) is 5.02 Å². The summed E-state index contributed by atoms with van der Waals surface area (Å²) in [4.78, 5) is 30.0. The standard InChI is InChI=1S/C26H20ClF4N5O2.C5H11N.C2H3N/c1-14(28)24(37)36-11-9-35(10-12-36)23-22-21(33-25(34-23)38-2)20(26(29,30)31)17(13-32-22)16-7-3-5-15-6-4-8-18(27)19(15)16;1-6-4-2-3-5-6;1-2-3/h3-8,13H,1,9-12H2,2H3;2-5H2,1H3;1H3. The second kappa shape index (κ2) is 15.4. The van der Waals surface area contributed by atoms with Gasteiger partial charge in [-0.25, -0.2) is 4.39 Å². The molecule has 0 radical (unpaired) electrons. The Morgan fingerprint density at radius 1 is 1.00 bits per heavy atom. The van der Waals surface area contributed by atoms with Crippen LogP contribution in [-0.2, 0) is 11.0 Å². The highest BCUT2D eigenvalue weighted by Crippen LogP contribution is 2.45. The van der Waals surface area contributed by atoms with E-state index < -0.39 is 29.0 Å². The Balaban J connectivity index is 0.000000486. The number of amides is 1. The fourth-order valence-electron chi connectivity index (χ4n) is 5.53. The summed E-state index contributed by atoms with van der Waals surface area (Å²) >= 11 is 6.41. The molecule has 4 heterocycles. The number of nitriles is 1. The third kappa shape index (κ3) is 8.07. The molecule has 0 aliphatic carbocycles.